The normalized spacial score (nSPS) is 28.3. The third-order valence-corrected chi connectivity index (χ3v) is 4.73. The second-order valence-electron chi connectivity index (χ2n) is 5.01. The van der Waals surface area contributed by atoms with Crippen molar-refractivity contribution in [1.82, 2.24) is 4.98 Å². The van der Waals surface area contributed by atoms with Gasteiger partial charge in [-0.3, -0.25) is 4.79 Å². The second-order valence-corrected chi connectivity index (χ2v) is 6.08. The van der Waals surface area contributed by atoms with Crippen LogP contribution in [0.25, 0.3) is 6.08 Å². The standard InChI is InChI=1S/C13H14N2O3S/c16-10(17)5-4-7-6-14-13(19-7)15-12(18)11-8-2-1-3-9(8)11/h4-6,8-9,11H,1-3H2,(H,16,17)(H,14,15,18)/b5-4+. The molecule has 100 valence electrons. The number of carbonyl (C=O) groups is 2. The molecule has 5 nitrogen and oxygen atoms in total. The van der Waals surface area contributed by atoms with Crippen molar-refractivity contribution < 1.29 is 14.7 Å². The van der Waals surface area contributed by atoms with Gasteiger partial charge in [-0.1, -0.05) is 17.8 Å². The van der Waals surface area contributed by atoms with Gasteiger partial charge in [-0.05, 0) is 30.8 Å². The van der Waals surface area contributed by atoms with Gasteiger partial charge in [0.25, 0.3) is 0 Å². The van der Waals surface area contributed by atoms with Gasteiger partial charge in [0, 0.05) is 23.1 Å². The molecule has 3 rings (SSSR count). The molecule has 2 aliphatic carbocycles. The highest BCUT2D eigenvalue weighted by atomic mass is 32.1. The summed E-state index contributed by atoms with van der Waals surface area (Å²) >= 11 is 1.28. The number of aliphatic carboxylic acids is 1. The molecule has 0 aliphatic heterocycles. The Kier molecular flexibility index (Phi) is 3.10. The van der Waals surface area contributed by atoms with Crippen molar-refractivity contribution in [3.63, 3.8) is 0 Å². The van der Waals surface area contributed by atoms with Gasteiger partial charge in [-0.15, -0.1) is 0 Å². The minimum atomic E-state index is -0.996. The lowest BCUT2D eigenvalue weighted by molar-refractivity contribution is -0.131. The molecule has 2 fully saturated rings. The molecule has 1 amide bonds. The molecule has 0 saturated heterocycles. The van der Waals surface area contributed by atoms with Crippen molar-refractivity contribution in [3.8, 4) is 0 Å². The first kappa shape index (κ1) is 12.3. The van der Waals surface area contributed by atoms with Gasteiger partial charge in [0.15, 0.2) is 5.13 Å². The molecule has 2 aliphatic rings. The van der Waals surface area contributed by atoms with Crippen molar-refractivity contribution >= 4 is 34.4 Å². The summed E-state index contributed by atoms with van der Waals surface area (Å²) in [5.74, 6) is 0.427. The molecule has 6 heteroatoms. The molecular formula is C13H14N2O3S. The van der Waals surface area contributed by atoms with Gasteiger partial charge in [-0.25, -0.2) is 9.78 Å². The first-order chi connectivity index (χ1) is 9.15. The highest BCUT2D eigenvalue weighted by molar-refractivity contribution is 7.16. The maximum atomic E-state index is 12.0. The Morgan fingerprint density at radius 1 is 1.42 bits per heavy atom. The summed E-state index contributed by atoms with van der Waals surface area (Å²) in [4.78, 5) is 27.2. The number of aromatic nitrogens is 1. The van der Waals surface area contributed by atoms with Crippen LogP contribution >= 0.6 is 11.3 Å². The summed E-state index contributed by atoms with van der Waals surface area (Å²) < 4.78 is 0. The van der Waals surface area contributed by atoms with Crippen LogP contribution in [-0.2, 0) is 9.59 Å². The predicted molar refractivity (Wildman–Crippen MR) is 71.7 cm³/mol. The summed E-state index contributed by atoms with van der Waals surface area (Å²) in [5.41, 5.74) is 0. The van der Waals surface area contributed by atoms with Crippen LogP contribution in [-0.4, -0.2) is 22.0 Å². The van der Waals surface area contributed by atoms with E-state index < -0.39 is 5.97 Å². The average Bonchev–Trinajstić information content (AvgIpc) is 2.77. The van der Waals surface area contributed by atoms with Crippen LogP contribution in [0.5, 0.6) is 0 Å². The fourth-order valence-corrected chi connectivity index (χ4v) is 3.70. The number of carboxylic acids is 1. The molecule has 19 heavy (non-hydrogen) atoms. The number of nitrogens with one attached hydrogen (secondary N) is 1. The number of fused-ring (bicyclic) bond motifs is 1. The third-order valence-electron chi connectivity index (χ3n) is 3.85. The van der Waals surface area contributed by atoms with E-state index in [2.05, 4.69) is 10.3 Å². The number of hydrogen-bond donors (Lipinski definition) is 2. The van der Waals surface area contributed by atoms with Crippen LogP contribution < -0.4 is 5.32 Å². The van der Waals surface area contributed by atoms with E-state index in [4.69, 9.17) is 5.11 Å². The van der Waals surface area contributed by atoms with Crippen LogP contribution in [0.15, 0.2) is 12.3 Å². The maximum Gasteiger partial charge on any atom is 0.328 e. The fraction of sp³-hybridized carbons (Fsp3) is 0.462. The zero-order chi connectivity index (χ0) is 13.4. The minimum Gasteiger partial charge on any atom is -0.478 e. The van der Waals surface area contributed by atoms with Gasteiger partial charge in [0.2, 0.25) is 5.91 Å². The van der Waals surface area contributed by atoms with Gasteiger partial charge >= 0.3 is 5.97 Å². The Hall–Kier alpha value is -1.69. The molecular weight excluding hydrogens is 264 g/mol. The lowest BCUT2D eigenvalue weighted by Gasteiger charge is -2.02. The fourth-order valence-electron chi connectivity index (χ4n) is 2.97. The van der Waals surface area contributed by atoms with E-state index in [0.29, 0.717) is 21.8 Å². The summed E-state index contributed by atoms with van der Waals surface area (Å²) in [6.45, 7) is 0. The molecule has 0 aromatic carbocycles. The van der Waals surface area contributed by atoms with Gasteiger partial charge < -0.3 is 10.4 Å². The quantitative estimate of drug-likeness (QED) is 0.828. The van der Waals surface area contributed by atoms with E-state index in [-0.39, 0.29) is 11.8 Å². The van der Waals surface area contributed by atoms with Crippen molar-refractivity contribution in [2.24, 2.45) is 17.8 Å². The molecule has 2 atom stereocenters. The molecule has 2 N–H and O–H groups in total. The summed E-state index contributed by atoms with van der Waals surface area (Å²) in [5, 5.41) is 11.9. The Morgan fingerprint density at radius 3 is 2.84 bits per heavy atom. The highest BCUT2D eigenvalue weighted by Gasteiger charge is 2.56. The Labute approximate surface area is 114 Å². The Balaban J connectivity index is 1.58. The van der Waals surface area contributed by atoms with E-state index >= 15 is 0 Å². The number of nitrogens with zero attached hydrogens (tertiary/aromatic N) is 1. The SMILES string of the molecule is O=C(O)/C=C/c1cnc(NC(=O)C2C3CCCC32)s1. The third kappa shape index (κ3) is 2.53. The molecule has 1 aromatic heterocycles. The molecule has 0 bridgehead atoms. The molecule has 2 saturated carbocycles. The number of amides is 1. The van der Waals surface area contributed by atoms with Crippen LogP contribution in [0.3, 0.4) is 0 Å². The van der Waals surface area contributed by atoms with E-state index in [9.17, 15) is 9.59 Å². The van der Waals surface area contributed by atoms with Gasteiger partial charge in [0.05, 0.1) is 0 Å². The van der Waals surface area contributed by atoms with Crippen molar-refractivity contribution in [2.45, 2.75) is 19.3 Å². The maximum absolute atomic E-state index is 12.0. The van der Waals surface area contributed by atoms with Gasteiger partial charge in [0.1, 0.15) is 0 Å². The number of carbonyl (C=O) groups excluding carboxylic acids is 1. The van der Waals surface area contributed by atoms with Crippen molar-refractivity contribution in [1.29, 1.82) is 0 Å². The average molecular weight is 278 g/mol. The zero-order valence-corrected chi connectivity index (χ0v) is 11.0. The molecule has 0 spiro atoms. The molecule has 1 aromatic rings. The summed E-state index contributed by atoms with van der Waals surface area (Å²) in [6.07, 6.45) is 7.69. The molecule has 2 unspecified atom stereocenters. The number of carboxylic acid groups (broad SMARTS) is 1. The number of anilines is 1. The summed E-state index contributed by atoms with van der Waals surface area (Å²) in [6, 6.07) is 0. The predicted octanol–water partition coefficient (Wildman–Crippen LogP) is 2.23. The first-order valence-corrected chi connectivity index (χ1v) is 7.14. The highest BCUT2D eigenvalue weighted by Crippen LogP contribution is 2.57. The van der Waals surface area contributed by atoms with E-state index in [1.54, 1.807) is 6.20 Å². The number of hydrogen-bond acceptors (Lipinski definition) is 4. The smallest absolute Gasteiger partial charge is 0.328 e. The number of thiazole rings is 1. The minimum absolute atomic E-state index is 0.0674. The van der Waals surface area contributed by atoms with E-state index in [1.165, 1.54) is 36.7 Å². The zero-order valence-electron chi connectivity index (χ0n) is 10.2. The van der Waals surface area contributed by atoms with Crippen LogP contribution in [0, 0.1) is 17.8 Å². The van der Waals surface area contributed by atoms with E-state index in [1.807, 2.05) is 0 Å². The van der Waals surface area contributed by atoms with Crippen molar-refractivity contribution in [3.05, 3.63) is 17.2 Å². The molecule has 0 radical (unpaired) electrons. The number of rotatable bonds is 4. The van der Waals surface area contributed by atoms with Crippen LogP contribution in [0.2, 0.25) is 0 Å². The summed E-state index contributed by atoms with van der Waals surface area (Å²) in [7, 11) is 0. The first-order valence-electron chi connectivity index (χ1n) is 6.33. The topological polar surface area (TPSA) is 79.3 Å². The Morgan fingerprint density at radius 2 is 2.16 bits per heavy atom. The lowest BCUT2D eigenvalue weighted by Crippen LogP contribution is -2.16. The van der Waals surface area contributed by atoms with Crippen molar-refractivity contribution in [2.75, 3.05) is 5.32 Å². The largest absolute Gasteiger partial charge is 0.478 e. The molecule has 1 heterocycles. The monoisotopic (exact) mass is 278 g/mol. The van der Waals surface area contributed by atoms with Gasteiger partial charge in [-0.2, -0.15) is 0 Å². The second kappa shape index (κ2) is 4.77. The lowest BCUT2D eigenvalue weighted by atomic mass is 10.1. The van der Waals surface area contributed by atoms with Crippen LogP contribution in [0.1, 0.15) is 24.1 Å². The Bertz CT molecular complexity index is 542. The van der Waals surface area contributed by atoms with Crippen LogP contribution in [0.4, 0.5) is 5.13 Å². The van der Waals surface area contributed by atoms with E-state index in [0.717, 1.165) is 6.08 Å².